The molecule has 4 nitrogen and oxygen atoms in total. The van der Waals surface area contributed by atoms with Crippen molar-refractivity contribution in [1.82, 2.24) is 0 Å². The molecule has 0 amide bonds. The second-order valence-electron chi connectivity index (χ2n) is 2.65. The molecule has 1 unspecified atom stereocenters. The van der Waals surface area contributed by atoms with Crippen LogP contribution in [0.2, 0.25) is 0 Å². The maximum atomic E-state index is 11.0. The standard InChI is InChI=1S/C8H13NO3/c1-4-5-12-7(11)8(3,9)6(2)10/h4H,1,5,9H2,2-3H3. The zero-order valence-electron chi connectivity index (χ0n) is 7.29. The van der Waals surface area contributed by atoms with Crippen LogP contribution < -0.4 is 5.73 Å². The smallest absolute Gasteiger partial charge is 0.333 e. The lowest BCUT2D eigenvalue weighted by molar-refractivity contribution is -0.151. The van der Waals surface area contributed by atoms with Crippen molar-refractivity contribution >= 4 is 11.8 Å². The van der Waals surface area contributed by atoms with Gasteiger partial charge in [-0.25, -0.2) is 4.79 Å². The first-order valence-electron chi connectivity index (χ1n) is 3.51. The Hall–Kier alpha value is -1.16. The highest BCUT2D eigenvalue weighted by Gasteiger charge is 2.34. The normalized spacial score (nSPS) is 14.6. The van der Waals surface area contributed by atoms with Crippen LogP contribution in [0.15, 0.2) is 12.7 Å². The van der Waals surface area contributed by atoms with Crippen molar-refractivity contribution in [2.75, 3.05) is 6.61 Å². The Kier molecular flexibility index (Phi) is 3.63. The molecule has 0 saturated heterocycles. The van der Waals surface area contributed by atoms with E-state index in [4.69, 9.17) is 5.73 Å². The minimum atomic E-state index is -1.54. The van der Waals surface area contributed by atoms with Crippen molar-refractivity contribution in [2.45, 2.75) is 19.4 Å². The Morgan fingerprint density at radius 1 is 1.67 bits per heavy atom. The molecule has 0 aromatic carbocycles. The summed E-state index contributed by atoms with van der Waals surface area (Å²) >= 11 is 0. The maximum absolute atomic E-state index is 11.0. The first-order valence-corrected chi connectivity index (χ1v) is 3.51. The highest BCUT2D eigenvalue weighted by atomic mass is 16.5. The molecule has 0 aliphatic rings. The molecule has 0 spiro atoms. The van der Waals surface area contributed by atoms with Gasteiger partial charge in [0.1, 0.15) is 6.61 Å². The second-order valence-corrected chi connectivity index (χ2v) is 2.65. The second kappa shape index (κ2) is 4.01. The lowest BCUT2D eigenvalue weighted by Crippen LogP contribution is -2.52. The van der Waals surface area contributed by atoms with Crippen LogP contribution in [0.3, 0.4) is 0 Å². The van der Waals surface area contributed by atoms with E-state index in [1.54, 1.807) is 0 Å². The van der Waals surface area contributed by atoms with Crippen molar-refractivity contribution in [2.24, 2.45) is 5.73 Å². The van der Waals surface area contributed by atoms with Crippen molar-refractivity contribution in [3.05, 3.63) is 12.7 Å². The number of nitrogens with two attached hydrogens (primary N) is 1. The van der Waals surface area contributed by atoms with Crippen LogP contribution in [0.25, 0.3) is 0 Å². The molecule has 0 heterocycles. The molecule has 0 radical (unpaired) electrons. The first-order chi connectivity index (χ1) is 5.42. The van der Waals surface area contributed by atoms with Gasteiger partial charge in [-0.3, -0.25) is 4.79 Å². The summed E-state index contributed by atoms with van der Waals surface area (Å²) in [5.74, 6) is -1.15. The Labute approximate surface area is 71.4 Å². The third kappa shape index (κ3) is 2.47. The van der Waals surface area contributed by atoms with Crippen molar-refractivity contribution < 1.29 is 14.3 Å². The molecule has 0 aromatic heterocycles. The predicted molar refractivity (Wildman–Crippen MR) is 44.4 cm³/mol. The minimum Gasteiger partial charge on any atom is -0.460 e. The van der Waals surface area contributed by atoms with Gasteiger partial charge in [-0.15, -0.1) is 0 Å². The van der Waals surface area contributed by atoms with Gasteiger partial charge in [0.05, 0.1) is 0 Å². The summed E-state index contributed by atoms with van der Waals surface area (Å²) in [6, 6.07) is 0. The van der Waals surface area contributed by atoms with E-state index in [0.717, 1.165) is 0 Å². The summed E-state index contributed by atoms with van der Waals surface area (Å²) in [6.07, 6.45) is 1.41. The number of carbonyl (C=O) groups excluding carboxylic acids is 2. The fraction of sp³-hybridized carbons (Fsp3) is 0.500. The van der Waals surface area contributed by atoms with E-state index in [1.807, 2.05) is 0 Å². The van der Waals surface area contributed by atoms with E-state index in [9.17, 15) is 9.59 Å². The number of ether oxygens (including phenoxy) is 1. The molecule has 4 heteroatoms. The van der Waals surface area contributed by atoms with E-state index >= 15 is 0 Å². The van der Waals surface area contributed by atoms with Crippen LogP contribution in [-0.2, 0) is 14.3 Å². The van der Waals surface area contributed by atoms with Gasteiger partial charge in [-0.1, -0.05) is 12.7 Å². The molecule has 0 rings (SSSR count). The molecule has 0 aliphatic heterocycles. The third-order valence-corrected chi connectivity index (χ3v) is 1.49. The summed E-state index contributed by atoms with van der Waals surface area (Å²) in [6.45, 7) is 5.99. The van der Waals surface area contributed by atoms with Gasteiger partial charge in [0.25, 0.3) is 0 Å². The third-order valence-electron chi connectivity index (χ3n) is 1.49. The van der Waals surface area contributed by atoms with Crippen LogP contribution in [0.1, 0.15) is 13.8 Å². The molecule has 0 fully saturated rings. The van der Waals surface area contributed by atoms with Crippen LogP contribution in [0.4, 0.5) is 0 Å². The number of carbonyl (C=O) groups is 2. The predicted octanol–water partition coefficient (Wildman–Crippen LogP) is 0.0220. The van der Waals surface area contributed by atoms with Gasteiger partial charge in [0.2, 0.25) is 0 Å². The Balaban J connectivity index is 4.25. The zero-order valence-corrected chi connectivity index (χ0v) is 7.29. The summed E-state index contributed by atoms with van der Waals surface area (Å²) in [7, 11) is 0. The fourth-order valence-electron chi connectivity index (χ4n) is 0.428. The van der Waals surface area contributed by atoms with E-state index in [1.165, 1.54) is 19.9 Å². The molecule has 12 heavy (non-hydrogen) atoms. The number of Topliss-reactive ketones (excluding diaryl/α,β-unsaturated/α-hetero) is 1. The lowest BCUT2D eigenvalue weighted by Gasteiger charge is -2.18. The number of esters is 1. The summed E-state index contributed by atoms with van der Waals surface area (Å²) in [5.41, 5.74) is 3.85. The SMILES string of the molecule is C=CCOC(=O)C(C)(N)C(C)=O. The van der Waals surface area contributed by atoms with Crippen LogP contribution in [0, 0.1) is 0 Å². The minimum absolute atomic E-state index is 0.0684. The van der Waals surface area contributed by atoms with E-state index in [2.05, 4.69) is 11.3 Å². The average Bonchev–Trinajstić information content (AvgIpc) is 1.99. The van der Waals surface area contributed by atoms with Gasteiger partial charge >= 0.3 is 5.97 Å². The summed E-state index contributed by atoms with van der Waals surface area (Å²) in [4.78, 5) is 21.9. The zero-order chi connectivity index (χ0) is 9.78. The van der Waals surface area contributed by atoms with Crippen LogP contribution in [-0.4, -0.2) is 23.9 Å². The van der Waals surface area contributed by atoms with Crippen molar-refractivity contribution in [3.8, 4) is 0 Å². The van der Waals surface area contributed by atoms with Crippen molar-refractivity contribution in [1.29, 1.82) is 0 Å². The highest BCUT2D eigenvalue weighted by Crippen LogP contribution is 2.03. The first kappa shape index (κ1) is 10.8. The van der Waals surface area contributed by atoms with E-state index < -0.39 is 17.3 Å². The molecule has 0 aromatic rings. The van der Waals surface area contributed by atoms with Crippen LogP contribution in [0.5, 0.6) is 0 Å². The molecule has 68 valence electrons. The number of hydrogen-bond acceptors (Lipinski definition) is 4. The molecular weight excluding hydrogens is 158 g/mol. The Bertz CT molecular complexity index is 208. The largest absolute Gasteiger partial charge is 0.460 e. The van der Waals surface area contributed by atoms with Gasteiger partial charge < -0.3 is 10.5 Å². The number of ketones is 1. The van der Waals surface area contributed by atoms with Gasteiger partial charge in [-0.05, 0) is 13.8 Å². The summed E-state index contributed by atoms with van der Waals surface area (Å²) in [5, 5.41) is 0. The lowest BCUT2D eigenvalue weighted by atomic mass is 10.00. The molecule has 0 bridgehead atoms. The van der Waals surface area contributed by atoms with Crippen molar-refractivity contribution in [3.63, 3.8) is 0 Å². The fourth-order valence-corrected chi connectivity index (χ4v) is 0.428. The quantitative estimate of drug-likeness (QED) is 0.368. The molecule has 1 atom stereocenters. The van der Waals surface area contributed by atoms with Crippen LogP contribution >= 0.6 is 0 Å². The average molecular weight is 171 g/mol. The Morgan fingerprint density at radius 3 is 2.50 bits per heavy atom. The molecular formula is C8H13NO3. The van der Waals surface area contributed by atoms with Gasteiger partial charge in [0.15, 0.2) is 11.3 Å². The maximum Gasteiger partial charge on any atom is 0.333 e. The number of hydrogen-bond donors (Lipinski definition) is 1. The number of rotatable bonds is 4. The van der Waals surface area contributed by atoms with E-state index in [-0.39, 0.29) is 6.61 Å². The topological polar surface area (TPSA) is 69.4 Å². The highest BCUT2D eigenvalue weighted by molar-refractivity contribution is 6.06. The summed E-state index contributed by atoms with van der Waals surface area (Å²) < 4.78 is 4.61. The van der Waals surface area contributed by atoms with Gasteiger partial charge in [-0.2, -0.15) is 0 Å². The van der Waals surface area contributed by atoms with E-state index in [0.29, 0.717) is 0 Å². The monoisotopic (exact) mass is 171 g/mol. The molecule has 0 saturated carbocycles. The Morgan fingerprint density at radius 2 is 2.17 bits per heavy atom. The molecule has 0 aliphatic carbocycles. The van der Waals surface area contributed by atoms with Gasteiger partial charge in [0, 0.05) is 0 Å². The molecule has 2 N–H and O–H groups in total.